The molecule has 0 bridgehead atoms. The summed E-state index contributed by atoms with van der Waals surface area (Å²) in [5, 5.41) is 6.87. The minimum Gasteiger partial charge on any atom is -0.383 e. The lowest BCUT2D eigenvalue weighted by molar-refractivity contribution is 0.135. The molecule has 1 aromatic heterocycles. The van der Waals surface area contributed by atoms with Gasteiger partial charge in [-0.15, -0.1) is 11.3 Å². The van der Waals surface area contributed by atoms with Gasteiger partial charge in [-0.2, -0.15) is 0 Å². The first-order chi connectivity index (χ1) is 9.42. The standard InChI is InChI=1S/C15H21NO2S/c1-17-10-7-16-8-11-18-9-6-13-12-19-15-5-3-2-4-14(13)15/h2-5,12,16H,6-11H2,1H3. The van der Waals surface area contributed by atoms with Gasteiger partial charge < -0.3 is 14.8 Å². The average Bonchev–Trinajstić information content (AvgIpc) is 2.85. The fourth-order valence-electron chi connectivity index (χ4n) is 1.95. The number of hydrogen-bond donors (Lipinski definition) is 1. The first-order valence-corrected chi connectivity index (χ1v) is 7.52. The lowest BCUT2D eigenvalue weighted by atomic mass is 10.1. The van der Waals surface area contributed by atoms with E-state index in [1.807, 2.05) is 11.3 Å². The Kier molecular flexibility index (Phi) is 6.30. The lowest BCUT2D eigenvalue weighted by Crippen LogP contribution is -2.23. The molecule has 2 aromatic rings. The fraction of sp³-hybridized carbons (Fsp3) is 0.467. The first-order valence-electron chi connectivity index (χ1n) is 6.64. The van der Waals surface area contributed by atoms with Crippen LogP contribution in [0.25, 0.3) is 10.1 Å². The lowest BCUT2D eigenvalue weighted by Gasteiger charge is -2.05. The Bertz CT molecular complexity index is 484. The zero-order chi connectivity index (χ0) is 13.3. The number of rotatable bonds is 9. The van der Waals surface area contributed by atoms with Crippen molar-refractivity contribution in [3.63, 3.8) is 0 Å². The SMILES string of the molecule is COCCNCCOCCc1csc2ccccc12. The van der Waals surface area contributed by atoms with Crippen LogP contribution in [0.4, 0.5) is 0 Å². The van der Waals surface area contributed by atoms with Crippen molar-refractivity contribution in [1.82, 2.24) is 5.32 Å². The summed E-state index contributed by atoms with van der Waals surface area (Å²) in [6.45, 7) is 4.06. The highest BCUT2D eigenvalue weighted by Crippen LogP contribution is 2.25. The third-order valence-corrected chi connectivity index (χ3v) is 4.00. The van der Waals surface area contributed by atoms with Gasteiger partial charge in [0.1, 0.15) is 0 Å². The summed E-state index contributed by atoms with van der Waals surface area (Å²) < 4.78 is 12.0. The second kappa shape index (κ2) is 8.27. The summed E-state index contributed by atoms with van der Waals surface area (Å²) in [5.41, 5.74) is 1.40. The summed E-state index contributed by atoms with van der Waals surface area (Å²) in [4.78, 5) is 0. The van der Waals surface area contributed by atoms with E-state index in [2.05, 4.69) is 35.0 Å². The van der Waals surface area contributed by atoms with E-state index in [-0.39, 0.29) is 0 Å². The van der Waals surface area contributed by atoms with Gasteiger partial charge in [0.25, 0.3) is 0 Å². The van der Waals surface area contributed by atoms with Crippen LogP contribution in [0.15, 0.2) is 29.6 Å². The highest BCUT2D eigenvalue weighted by Gasteiger charge is 2.02. The second-order valence-corrected chi connectivity index (χ2v) is 5.27. The van der Waals surface area contributed by atoms with Crippen LogP contribution in [0.1, 0.15) is 5.56 Å². The first kappa shape index (κ1) is 14.5. The largest absolute Gasteiger partial charge is 0.383 e. The van der Waals surface area contributed by atoms with E-state index in [1.54, 1.807) is 7.11 Å². The number of fused-ring (bicyclic) bond motifs is 1. The number of methoxy groups -OCH3 is 1. The Morgan fingerprint density at radius 2 is 1.95 bits per heavy atom. The molecule has 0 unspecified atom stereocenters. The van der Waals surface area contributed by atoms with Gasteiger partial charge >= 0.3 is 0 Å². The van der Waals surface area contributed by atoms with E-state index in [4.69, 9.17) is 9.47 Å². The maximum atomic E-state index is 5.64. The van der Waals surface area contributed by atoms with E-state index < -0.39 is 0 Å². The second-order valence-electron chi connectivity index (χ2n) is 4.36. The zero-order valence-corrected chi connectivity index (χ0v) is 12.2. The van der Waals surface area contributed by atoms with Crippen LogP contribution >= 0.6 is 11.3 Å². The number of nitrogens with one attached hydrogen (secondary N) is 1. The van der Waals surface area contributed by atoms with E-state index in [0.717, 1.165) is 39.3 Å². The van der Waals surface area contributed by atoms with E-state index in [0.29, 0.717) is 0 Å². The Balaban J connectivity index is 1.63. The summed E-state index contributed by atoms with van der Waals surface area (Å²) >= 11 is 1.81. The summed E-state index contributed by atoms with van der Waals surface area (Å²) in [7, 11) is 1.71. The van der Waals surface area contributed by atoms with Crippen LogP contribution in [0.2, 0.25) is 0 Å². The maximum Gasteiger partial charge on any atom is 0.0591 e. The monoisotopic (exact) mass is 279 g/mol. The molecule has 1 N–H and O–H groups in total. The van der Waals surface area contributed by atoms with Crippen LogP contribution in [0, 0.1) is 0 Å². The molecule has 0 fully saturated rings. The van der Waals surface area contributed by atoms with Gasteiger partial charge in [0, 0.05) is 24.9 Å². The van der Waals surface area contributed by atoms with Crippen LogP contribution in [-0.4, -0.2) is 40.0 Å². The molecule has 2 rings (SSSR count). The van der Waals surface area contributed by atoms with E-state index >= 15 is 0 Å². The van der Waals surface area contributed by atoms with Crippen LogP contribution < -0.4 is 5.32 Å². The Labute approximate surface area is 118 Å². The van der Waals surface area contributed by atoms with Gasteiger partial charge in [0.15, 0.2) is 0 Å². The van der Waals surface area contributed by atoms with Crippen molar-refractivity contribution in [3.05, 3.63) is 35.2 Å². The average molecular weight is 279 g/mol. The number of ether oxygens (including phenoxy) is 2. The normalized spacial score (nSPS) is 11.2. The molecule has 0 radical (unpaired) electrons. The van der Waals surface area contributed by atoms with Crippen molar-refractivity contribution < 1.29 is 9.47 Å². The molecule has 0 aliphatic heterocycles. The highest BCUT2D eigenvalue weighted by molar-refractivity contribution is 7.17. The zero-order valence-electron chi connectivity index (χ0n) is 11.4. The van der Waals surface area contributed by atoms with Crippen LogP contribution in [0.5, 0.6) is 0 Å². The quantitative estimate of drug-likeness (QED) is 0.716. The summed E-state index contributed by atoms with van der Waals surface area (Å²) in [5.74, 6) is 0. The Morgan fingerprint density at radius 1 is 1.11 bits per heavy atom. The van der Waals surface area contributed by atoms with E-state index in [1.165, 1.54) is 15.6 Å². The van der Waals surface area contributed by atoms with Gasteiger partial charge in [0.2, 0.25) is 0 Å². The molecule has 4 heteroatoms. The van der Waals surface area contributed by atoms with Gasteiger partial charge in [-0.1, -0.05) is 18.2 Å². The predicted molar refractivity (Wildman–Crippen MR) is 81.1 cm³/mol. The van der Waals surface area contributed by atoms with Gasteiger partial charge in [-0.25, -0.2) is 0 Å². The van der Waals surface area contributed by atoms with Crippen molar-refractivity contribution in [2.45, 2.75) is 6.42 Å². The number of thiophene rings is 1. The summed E-state index contributed by atoms with van der Waals surface area (Å²) in [6, 6.07) is 8.54. The fourth-order valence-corrected chi connectivity index (χ4v) is 2.95. The van der Waals surface area contributed by atoms with Crippen molar-refractivity contribution in [3.8, 4) is 0 Å². The Morgan fingerprint density at radius 3 is 2.84 bits per heavy atom. The molecular weight excluding hydrogens is 258 g/mol. The Hall–Kier alpha value is -0.940. The molecule has 0 atom stereocenters. The molecule has 0 saturated carbocycles. The molecule has 0 amide bonds. The number of benzene rings is 1. The van der Waals surface area contributed by atoms with Gasteiger partial charge in [-0.3, -0.25) is 0 Å². The van der Waals surface area contributed by atoms with Crippen molar-refractivity contribution in [2.75, 3.05) is 40.0 Å². The molecule has 0 aliphatic carbocycles. The van der Waals surface area contributed by atoms with Crippen molar-refractivity contribution >= 4 is 21.4 Å². The molecule has 0 aliphatic rings. The molecule has 19 heavy (non-hydrogen) atoms. The van der Waals surface area contributed by atoms with Crippen molar-refractivity contribution in [2.24, 2.45) is 0 Å². The van der Waals surface area contributed by atoms with Gasteiger partial charge in [0.05, 0.1) is 19.8 Å². The third-order valence-electron chi connectivity index (χ3n) is 2.98. The summed E-state index contributed by atoms with van der Waals surface area (Å²) in [6.07, 6.45) is 0.988. The molecule has 104 valence electrons. The van der Waals surface area contributed by atoms with Gasteiger partial charge in [-0.05, 0) is 28.8 Å². The maximum absolute atomic E-state index is 5.64. The third kappa shape index (κ3) is 4.58. The van der Waals surface area contributed by atoms with E-state index in [9.17, 15) is 0 Å². The molecule has 0 saturated heterocycles. The highest BCUT2D eigenvalue weighted by atomic mass is 32.1. The molecule has 3 nitrogen and oxygen atoms in total. The topological polar surface area (TPSA) is 30.5 Å². The molecule has 0 spiro atoms. The minimum absolute atomic E-state index is 0.751. The predicted octanol–water partition coefficient (Wildman–Crippen LogP) is 2.70. The smallest absolute Gasteiger partial charge is 0.0591 e. The molecule has 1 heterocycles. The minimum atomic E-state index is 0.751. The number of hydrogen-bond acceptors (Lipinski definition) is 4. The van der Waals surface area contributed by atoms with Crippen LogP contribution in [-0.2, 0) is 15.9 Å². The van der Waals surface area contributed by atoms with Crippen molar-refractivity contribution in [1.29, 1.82) is 0 Å². The molecule has 1 aromatic carbocycles. The van der Waals surface area contributed by atoms with Crippen LogP contribution in [0.3, 0.4) is 0 Å². The molecular formula is C15H21NO2S.